The normalized spacial score (nSPS) is 13.8. The molecule has 0 bridgehead atoms. The zero-order valence-corrected chi connectivity index (χ0v) is 12.5. The van der Waals surface area contributed by atoms with E-state index in [-0.39, 0.29) is 5.54 Å². The topological polar surface area (TPSA) is 42.7 Å². The maximum absolute atomic E-state index is 4.38. The minimum absolute atomic E-state index is 0.185. The van der Waals surface area contributed by atoms with Gasteiger partial charge in [0.05, 0.1) is 0 Å². The van der Waals surface area contributed by atoms with Crippen molar-refractivity contribution in [1.82, 2.24) is 20.1 Å². The van der Waals surface area contributed by atoms with Crippen molar-refractivity contribution in [2.75, 3.05) is 6.54 Å². The first-order valence-corrected chi connectivity index (χ1v) is 7.08. The average molecular weight is 252 g/mol. The van der Waals surface area contributed by atoms with E-state index in [0.717, 1.165) is 25.3 Å². The molecule has 1 atom stereocenters. The SMILES string of the molecule is CCCC(CNC(C)(C)C)Cc1ncnn1CC. The van der Waals surface area contributed by atoms with Crippen LogP contribution in [0.5, 0.6) is 0 Å². The van der Waals surface area contributed by atoms with Crippen molar-refractivity contribution in [3.8, 4) is 0 Å². The molecule has 0 aliphatic carbocycles. The molecule has 0 spiro atoms. The van der Waals surface area contributed by atoms with Gasteiger partial charge in [-0.15, -0.1) is 0 Å². The fourth-order valence-electron chi connectivity index (χ4n) is 2.10. The van der Waals surface area contributed by atoms with E-state index in [4.69, 9.17) is 0 Å². The monoisotopic (exact) mass is 252 g/mol. The molecular formula is C14H28N4. The van der Waals surface area contributed by atoms with Crippen molar-refractivity contribution in [2.24, 2.45) is 5.92 Å². The number of aromatic nitrogens is 3. The summed E-state index contributed by atoms with van der Waals surface area (Å²) >= 11 is 0. The maximum Gasteiger partial charge on any atom is 0.138 e. The average Bonchev–Trinajstić information content (AvgIpc) is 2.72. The van der Waals surface area contributed by atoms with Crippen molar-refractivity contribution in [3.05, 3.63) is 12.2 Å². The summed E-state index contributed by atoms with van der Waals surface area (Å²) in [5, 5.41) is 7.84. The molecule has 0 fully saturated rings. The van der Waals surface area contributed by atoms with E-state index < -0.39 is 0 Å². The van der Waals surface area contributed by atoms with Gasteiger partial charge in [-0.1, -0.05) is 13.3 Å². The zero-order chi connectivity index (χ0) is 13.6. The molecule has 1 rings (SSSR count). The second-order valence-corrected chi connectivity index (χ2v) is 5.98. The molecule has 1 heterocycles. The Morgan fingerprint density at radius 3 is 2.61 bits per heavy atom. The summed E-state index contributed by atoms with van der Waals surface area (Å²) in [7, 11) is 0. The predicted octanol–water partition coefficient (Wildman–Crippen LogP) is 2.64. The Bertz CT molecular complexity index is 338. The Kier molecular flexibility index (Phi) is 5.79. The van der Waals surface area contributed by atoms with Crippen LogP contribution in [0.25, 0.3) is 0 Å². The lowest BCUT2D eigenvalue weighted by atomic mass is 9.97. The fourth-order valence-corrected chi connectivity index (χ4v) is 2.10. The molecule has 0 aliphatic heterocycles. The van der Waals surface area contributed by atoms with Crippen LogP contribution in [0.1, 0.15) is 53.3 Å². The van der Waals surface area contributed by atoms with Gasteiger partial charge in [0.15, 0.2) is 0 Å². The van der Waals surface area contributed by atoms with E-state index in [0.29, 0.717) is 5.92 Å². The van der Waals surface area contributed by atoms with E-state index in [9.17, 15) is 0 Å². The summed E-state index contributed by atoms with van der Waals surface area (Å²) in [4.78, 5) is 4.38. The lowest BCUT2D eigenvalue weighted by Crippen LogP contribution is -2.39. The lowest BCUT2D eigenvalue weighted by molar-refractivity contribution is 0.348. The molecule has 0 aromatic carbocycles. The second-order valence-electron chi connectivity index (χ2n) is 5.98. The van der Waals surface area contributed by atoms with Gasteiger partial charge in [-0.3, -0.25) is 4.68 Å². The highest BCUT2D eigenvalue weighted by molar-refractivity contribution is 4.88. The largest absolute Gasteiger partial charge is 0.312 e. The highest BCUT2D eigenvalue weighted by Crippen LogP contribution is 2.13. The van der Waals surface area contributed by atoms with Crippen molar-refractivity contribution in [3.63, 3.8) is 0 Å². The molecule has 0 saturated heterocycles. The van der Waals surface area contributed by atoms with Gasteiger partial charge in [-0.05, 0) is 46.6 Å². The molecule has 0 radical (unpaired) electrons. The van der Waals surface area contributed by atoms with Crippen LogP contribution < -0.4 is 5.32 Å². The summed E-state index contributed by atoms with van der Waals surface area (Å²) in [6.07, 6.45) is 5.14. The smallest absolute Gasteiger partial charge is 0.138 e. The van der Waals surface area contributed by atoms with E-state index in [1.54, 1.807) is 6.33 Å². The minimum atomic E-state index is 0.185. The number of nitrogens with one attached hydrogen (secondary N) is 1. The fraction of sp³-hybridized carbons (Fsp3) is 0.857. The van der Waals surface area contributed by atoms with Crippen LogP contribution in [0.3, 0.4) is 0 Å². The van der Waals surface area contributed by atoms with Gasteiger partial charge in [0.1, 0.15) is 12.2 Å². The quantitative estimate of drug-likeness (QED) is 0.811. The Labute approximate surface area is 111 Å². The highest BCUT2D eigenvalue weighted by atomic mass is 15.3. The van der Waals surface area contributed by atoms with Crippen LogP contribution in [0.4, 0.5) is 0 Å². The third-order valence-electron chi connectivity index (χ3n) is 3.08. The molecule has 1 unspecified atom stereocenters. The minimum Gasteiger partial charge on any atom is -0.312 e. The van der Waals surface area contributed by atoms with Crippen molar-refractivity contribution in [2.45, 2.75) is 66.0 Å². The third-order valence-corrected chi connectivity index (χ3v) is 3.08. The second kappa shape index (κ2) is 6.88. The van der Waals surface area contributed by atoms with E-state index >= 15 is 0 Å². The van der Waals surface area contributed by atoms with Crippen LogP contribution in [-0.4, -0.2) is 26.8 Å². The molecule has 1 aromatic heterocycles. The van der Waals surface area contributed by atoms with Crippen LogP contribution in [0.2, 0.25) is 0 Å². The summed E-state index contributed by atoms with van der Waals surface area (Å²) in [5.41, 5.74) is 0.185. The van der Waals surface area contributed by atoms with Crippen molar-refractivity contribution < 1.29 is 0 Å². The molecule has 18 heavy (non-hydrogen) atoms. The number of rotatable bonds is 7. The predicted molar refractivity (Wildman–Crippen MR) is 75.6 cm³/mol. The Balaban J connectivity index is 2.57. The van der Waals surface area contributed by atoms with Crippen LogP contribution >= 0.6 is 0 Å². The van der Waals surface area contributed by atoms with Gasteiger partial charge < -0.3 is 5.32 Å². The molecular weight excluding hydrogens is 224 g/mol. The summed E-state index contributed by atoms with van der Waals surface area (Å²) in [6, 6.07) is 0. The number of nitrogens with zero attached hydrogens (tertiary/aromatic N) is 3. The molecule has 0 amide bonds. The molecule has 1 N–H and O–H groups in total. The third kappa shape index (κ3) is 5.17. The lowest BCUT2D eigenvalue weighted by Gasteiger charge is -2.25. The summed E-state index contributed by atoms with van der Waals surface area (Å²) in [6.45, 7) is 12.9. The maximum atomic E-state index is 4.38. The van der Waals surface area contributed by atoms with E-state index in [1.165, 1.54) is 12.8 Å². The molecule has 4 nitrogen and oxygen atoms in total. The highest BCUT2D eigenvalue weighted by Gasteiger charge is 2.16. The Hall–Kier alpha value is -0.900. The van der Waals surface area contributed by atoms with Crippen molar-refractivity contribution >= 4 is 0 Å². The van der Waals surface area contributed by atoms with Crippen molar-refractivity contribution in [1.29, 1.82) is 0 Å². The molecule has 1 aromatic rings. The first-order valence-electron chi connectivity index (χ1n) is 7.08. The standard InChI is InChI=1S/C14H28N4/c1-6-8-12(10-16-14(3,4)5)9-13-15-11-17-18(13)7-2/h11-12,16H,6-10H2,1-5H3. The molecule has 0 saturated carbocycles. The van der Waals surface area contributed by atoms with Gasteiger partial charge >= 0.3 is 0 Å². The Morgan fingerprint density at radius 1 is 1.33 bits per heavy atom. The molecule has 0 aliphatic rings. The summed E-state index contributed by atoms with van der Waals surface area (Å²) in [5.74, 6) is 1.76. The van der Waals surface area contributed by atoms with Gasteiger partial charge in [0.2, 0.25) is 0 Å². The molecule has 104 valence electrons. The van der Waals surface area contributed by atoms with Crippen LogP contribution in [0, 0.1) is 5.92 Å². The van der Waals surface area contributed by atoms with Gasteiger partial charge in [0.25, 0.3) is 0 Å². The van der Waals surface area contributed by atoms with Crippen LogP contribution in [-0.2, 0) is 13.0 Å². The number of aryl methyl sites for hydroxylation is 1. The van der Waals surface area contributed by atoms with Crippen LogP contribution in [0.15, 0.2) is 6.33 Å². The first-order chi connectivity index (χ1) is 8.46. The van der Waals surface area contributed by atoms with Gasteiger partial charge in [-0.2, -0.15) is 5.10 Å². The first kappa shape index (κ1) is 15.2. The number of hydrogen-bond acceptors (Lipinski definition) is 3. The number of hydrogen-bond donors (Lipinski definition) is 1. The van der Waals surface area contributed by atoms with Gasteiger partial charge in [0, 0.05) is 18.5 Å². The van der Waals surface area contributed by atoms with E-state index in [1.807, 2.05) is 4.68 Å². The molecule has 4 heteroatoms. The van der Waals surface area contributed by atoms with Gasteiger partial charge in [-0.25, -0.2) is 4.98 Å². The summed E-state index contributed by atoms with van der Waals surface area (Å²) < 4.78 is 2.00. The van der Waals surface area contributed by atoms with E-state index in [2.05, 4.69) is 50.0 Å². The zero-order valence-electron chi connectivity index (χ0n) is 12.5. The Morgan fingerprint density at radius 2 is 2.06 bits per heavy atom.